The number of morpholine rings is 1. The zero-order valence-electron chi connectivity index (χ0n) is 12.8. The van der Waals surface area contributed by atoms with Crippen LogP contribution in [-0.4, -0.2) is 54.6 Å². The Morgan fingerprint density at radius 2 is 2.10 bits per heavy atom. The first kappa shape index (κ1) is 15.0. The fourth-order valence-electron chi connectivity index (χ4n) is 3.48. The molecule has 0 spiro atoms. The van der Waals surface area contributed by atoms with Gasteiger partial charge in [-0.2, -0.15) is 5.10 Å². The van der Waals surface area contributed by atoms with E-state index in [0.29, 0.717) is 5.92 Å². The van der Waals surface area contributed by atoms with E-state index in [1.807, 2.05) is 6.20 Å². The predicted octanol–water partition coefficient (Wildman–Crippen LogP) is 2.38. The molecule has 118 valence electrons. The van der Waals surface area contributed by atoms with Crippen molar-refractivity contribution in [1.29, 1.82) is 0 Å². The van der Waals surface area contributed by atoms with E-state index < -0.39 is 0 Å². The number of rotatable bonds is 6. The molecule has 1 saturated carbocycles. The maximum absolute atomic E-state index is 6.28. The van der Waals surface area contributed by atoms with Crippen molar-refractivity contribution in [3.8, 4) is 0 Å². The largest absolute Gasteiger partial charge is 0.379 e. The van der Waals surface area contributed by atoms with Crippen molar-refractivity contribution in [3.05, 3.63) is 18.0 Å². The van der Waals surface area contributed by atoms with Gasteiger partial charge in [0.1, 0.15) is 6.10 Å². The van der Waals surface area contributed by atoms with Crippen molar-refractivity contribution in [2.45, 2.75) is 38.2 Å². The molecule has 5 nitrogen and oxygen atoms in total. The van der Waals surface area contributed by atoms with E-state index in [-0.39, 0.29) is 6.10 Å². The van der Waals surface area contributed by atoms with E-state index in [9.17, 15) is 0 Å². The highest BCUT2D eigenvalue weighted by molar-refractivity contribution is 5.04. The highest BCUT2D eigenvalue weighted by Gasteiger charge is 2.27. The number of nitrogens with zero attached hydrogens (tertiary/aromatic N) is 2. The second-order valence-electron chi connectivity index (χ2n) is 6.16. The minimum Gasteiger partial charge on any atom is -0.379 e. The number of aromatic amines is 1. The Morgan fingerprint density at radius 1 is 1.29 bits per heavy atom. The minimum absolute atomic E-state index is 0.189. The van der Waals surface area contributed by atoms with Gasteiger partial charge in [0.05, 0.1) is 25.5 Å². The summed E-state index contributed by atoms with van der Waals surface area (Å²) in [4.78, 5) is 2.42. The molecule has 0 amide bonds. The Hall–Kier alpha value is -0.910. The number of ether oxygens (including phenoxy) is 2. The highest BCUT2D eigenvalue weighted by Crippen LogP contribution is 2.36. The Labute approximate surface area is 127 Å². The molecule has 2 aliphatic rings. The molecule has 1 aromatic heterocycles. The van der Waals surface area contributed by atoms with E-state index in [2.05, 4.69) is 21.2 Å². The first-order valence-electron chi connectivity index (χ1n) is 8.34. The lowest BCUT2D eigenvalue weighted by Crippen LogP contribution is -2.38. The predicted molar refractivity (Wildman–Crippen MR) is 81.1 cm³/mol. The van der Waals surface area contributed by atoms with Gasteiger partial charge < -0.3 is 9.47 Å². The third-order valence-electron chi connectivity index (χ3n) is 4.72. The molecule has 21 heavy (non-hydrogen) atoms. The van der Waals surface area contributed by atoms with Gasteiger partial charge in [0, 0.05) is 25.8 Å². The second kappa shape index (κ2) is 7.92. The van der Waals surface area contributed by atoms with Crippen LogP contribution < -0.4 is 0 Å². The average Bonchev–Trinajstić information content (AvgIpc) is 3.07. The van der Waals surface area contributed by atoms with Gasteiger partial charge in [-0.15, -0.1) is 0 Å². The Kier molecular flexibility index (Phi) is 5.66. The fraction of sp³-hybridized carbons (Fsp3) is 0.812. The minimum atomic E-state index is 0.189. The van der Waals surface area contributed by atoms with Crippen molar-refractivity contribution in [3.63, 3.8) is 0 Å². The smallest absolute Gasteiger partial charge is 0.102 e. The number of hydrogen-bond donors (Lipinski definition) is 1. The maximum atomic E-state index is 6.28. The summed E-state index contributed by atoms with van der Waals surface area (Å²) in [6.07, 6.45) is 8.62. The molecule has 0 radical (unpaired) electrons. The highest BCUT2D eigenvalue weighted by atomic mass is 16.5. The van der Waals surface area contributed by atoms with Crippen LogP contribution in [0, 0.1) is 5.92 Å². The van der Waals surface area contributed by atoms with Crippen LogP contribution in [0.4, 0.5) is 0 Å². The van der Waals surface area contributed by atoms with E-state index in [4.69, 9.17) is 9.47 Å². The molecular formula is C16H27N3O2. The third-order valence-corrected chi connectivity index (χ3v) is 4.72. The quantitative estimate of drug-likeness (QED) is 0.875. The van der Waals surface area contributed by atoms with E-state index in [1.54, 1.807) is 0 Å². The van der Waals surface area contributed by atoms with Gasteiger partial charge in [-0.05, 0) is 24.8 Å². The molecule has 2 heterocycles. The number of aromatic nitrogens is 2. The number of hydrogen-bond acceptors (Lipinski definition) is 4. The van der Waals surface area contributed by atoms with E-state index >= 15 is 0 Å². The van der Waals surface area contributed by atoms with E-state index in [0.717, 1.165) is 45.1 Å². The molecule has 1 saturated heterocycles. The summed E-state index contributed by atoms with van der Waals surface area (Å²) >= 11 is 0. The maximum Gasteiger partial charge on any atom is 0.102 e. The van der Waals surface area contributed by atoms with E-state index in [1.165, 1.54) is 32.1 Å². The zero-order valence-corrected chi connectivity index (χ0v) is 12.8. The fourth-order valence-corrected chi connectivity index (χ4v) is 3.48. The molecule has 2 fully saturated rings. The van der Waals surface area contributed by atoms with Crippen molar-refractivity contribution < 1.29 is 9.47 Å². The van der Waals surface area contributed by atoms with Gasteiger partial charge in [-0.25, -0.2) is 0 Å². The lowest BCUT2D eigenvalue weighted by Gasteiger charge is -2.31. The topological polar surface area (TPSA) is 50.4 Å². The van der Waals surface area contributed by atoms with Crippen LogP contribution in [0.1, 0.15) is 43.9 Å². The number of nitrogens with one attached hydrogen (secondary N) is 1. The van der Waals surface area contributed by atoms with Gasteiger partial charge in [0.2, 0.25) is 0 Å². The SMILES string of the molecule is c1cc(C(OCCN2CCOCC2)C2CCCCC2)[nH]n1. The summed E-state index contributed by atoms with van der Waals surface area (Å²) in [6.45, 7) is 5.56. The molecule has 1 N–H and O–H groups in total. The zero-order chi connectivity index (χ0) is 14.3. The monoisotopic (exact) mass is 293 g/mol. The molecule has 1 aromatic rings. The van der Waals surface area contributed by atoms with Gasteiger partial charge in [0.25, 0.3) is 0 Å². The van der Waals surface area contributed by atoms with Gasteiger partial charge in [0.15, 0.2) is 0 Å². The van der Waals surface area contributed by atoms with Crippen LogP contribution in [-0.2, 0) is 9.47 Å². The lowest BCUT2D eigenvalue weighted by molar-refractivity contribution is -0.0274. The molecule has 0 bridgehead atoms. The third kappa shape index (κ3) is 4.28. The summed E-state index contributed by atoms with van der Waals surface area (Å²) in [6, 6.07) is 2.06. The Bertz CT molecular complexity index is 384. The molecule has 1 aliphatic heterocycles. The molecule has 1 atom stereocenters. The Balaban J connectivity index is 1.52. The van der Waals surface area contributed by atoms with Crippen molar-refractivity contribution in [2.24, 2.45) is 5.92 Å². The molecular weight excluding hydrogens is 266 g/mol. The van der Waals surface area contributed by atoms with Gasteiger partial charge in [-0.3, -0.25) is 10.00 Å². The normalized spacial score (nSPS) is 23.2. The van der Waals surface area contributed by atoms with Crippen LogP contribution in [0.15, 0.2) is 12.3 Å². The van der Waals surface area contributed by atoms with Gasteiger partial charge >= 0.3 is 0 Å². The summed E-state index contributed by atoms with van der Waals surface area (Å²) in [7, 11) is 0. The Morgan fingerprint density at radius 3 is 2.81 bits per heavy atom. The van der Waals surface area contributed by atoms with Crippen LogP contribution in [0.5, 0.6) is 0 Å². The number of H-pyrrole nitrogens is 1. The lowest BCUT2D eigenvalue weighted by atomic mass is 9.84. The van der Waals surface area contributed by atoms with Gasteiger partial charge in [-0.1, -0.05) is 19.3 Å². The van der Waals surface area contributed by atoms with Crippen LogP contribution in [0.2, 0.25) is 0 Å². The molecule has 3 rings (SSSR count). The van der Waals surface area contributed by atoms with Crippen molar-refractivity contribution >= 4 is 0 Å². The molecule has 1 aliphatic carbocycles. The first-order chi connectivity index (χ1) is 10.4. The van der Waals surface area contributed by atoms with Crippen molar-refractivity contribution in [1.82, 2.24) is 15.1 Å². The molecule has 1 unspecified atom stereocenters. The summed E-state index contributed by atoms with van der Waals surface area (Å²) in [5.74, 6) is 0.642. The average molecular weight is 293 g/mol. The summed E-state index contributed by atoms with van der Waals surface area (Å²) < 4.78 is 11.7. The van der Waals surface area contributed by atoms with Crippen LogP contribution >= 0.6 is 0 Å². The molecule has 5 heteroatoms. The molecule has 0 aromatic carbocycles. The summed E-state index contributed by atoms with van der Waals surface area (Å²) in [5, 5.41) is 7.22. The summed E-state index contributed by atoms with van der Waals surface area (Å²) in [5.41, 5.74) is 1.14. The van der Waals surface area contributed by atoms with Crippen LogP contribution in [0.25, 0.3) is 0 Å². The first-order valence-corrected chi connectivity index (χ1v) is 8.34. The standard InChI is InChI=1S/C16H27N3O2/c1-2-4-14(5-3-1)16(15-6-7-17-18-15)21-13-10-19-8-11-20-12-9-19/h6-7,14,16H,1-5,8-13H2,(H,17,18). The second-order valence-corrected chi connectivity index (χ2v) is 6.16. The van der Waals surface area contributed by atoms with Crippen LogP contribution in [0.3, 0.4) is 0 Å². The van der Waals surface area contributed by atoms with Crippen molar-refractivity contribution in [2.75, 3.05) is 39.5 Å².